The standard InChI is InChI=1S/C16H23N3O/c1-11-14-8-9-15(20)19(16(14)18-12(2)17-11)10-13-6-4-3-5-7-13/h13H,3-10H2,1-2H3. The van der Waals surface area contributed by atoms with Gasteiger partial charge in [-0.1, -0.05) is 19.3 Å². The number of aromatic nitrogens is 2. The Bertz CT molecular complexity index is 521. The number of nitrogens with zero attached hydrogens (tertiary/aromatic N) is 3. The van der Waals surface area contributed by atoms with E-state index in [0.29, 0.717) is 12.3 Å². The second-order valence-electron chi connectivity index (χ2n) is 6.17. The molecule has 0 spiro atoms. The first-order chi connectivity index (χ1) is 9.65. The van der Waals surface area contributed by atoms with E-state index >= 15 is 0 Å². The lowest BCUT2D eigenvalue weighted by Gasteiger charge is -2.33. The van der Waals surface area contributed by atoms with E-state index in [1.807, 2.05) is 18.7 Å². The van der Waals surface area contributed by atoms with Crippen molar-refractivity contribution in [2.75, 3.05) is 11.4 Å². The normalized spacial score (nSPS) is 20.1. The van der Waals surface area contributed by atoms with Crippen molar-refractivity contribution in [2.24, 2.45) is 5.92 Å². The molecule has 4 nitrogen and oxygen atoms in total. The highest BCUT2D eigenvalue weighted by molar-refractivity contribution is 5.95. The van der Waals surface area contributed by atoms with Gasteiger partial charge in [-0.15, -0.1) is 0 Å². The highest BCUT2D eigenvalue weighted by Crippen LogP contribution is 2.31. The minimum Gasteiger partial charge on any atom is -0.296 e. The maximum absolute atomic E-state index is 12.3. The van der Waals surface area contributed by atoms with Crippen LogP contribution in [-0.2, 0) is 11.2 Å². The van der Waals surface area contributed by atoms with E-state index in [0.717, 1.165) is 30.3 Å². The van der Waals surface area contributed by atoms with Crippen molar-refractivity contribution >= 4 is 11.7 Å². The number of aryl methyl sites for hydroxylation is 2. The molecule has 2 aliphatic rings. The Kier molecular flexibility index (Phi) is 3.72. The average molecular weight is 273 g/mol. The summed E-state index contributed by atoms with van der Waals surface area (Å²) in [5.41, 5.74) is 2.21. The molecular formula is C16H23N3O. The number of hydrogen-bond donors (Lipinski definition) is 0. The van der Waals surface area contributed by atoms with Crippen molar-refractivity contribution < 1.29 is 4.79 Å². The second-order valence-corrected chi connectivity index (χ2v) is 6.17. The van der Waals surface area contributed by atoms with Crippen LogP contribution < -0.4 is 4.90 Å². The number of carbonyl (C=O) groups excluding carboxylic acids is 1. The van der Waals surface area contributed by atoms with E-state index in [1.54, 1.807) is 0 Å². The molecule has 1 fully saturated rings. The summed E-state index contributed by atoms with van der Waals surface area (Å²) < 4.78 is 0. The third-order valence-corrected chi connectivity index (χ3v) is 4.61. The van der Waals surface area contributed by atoms with Gasteiger partial charge in [-0.25, -0.2) is 9.97 Å². The Hall–Kier alpha value is -1.45. The molecule has 20 heavy (non-hydrogen) atoms. The zero-order valence-corrected chi connectivity index (χ0v) is 12.5. The minimum atomic E-state index is 0.237. The molecule has 108 valence electrons. The van der Waals surface area contributed by atoms with Crippen LogP contribution in [0.2, 0.25) is 0 Å². The summed E-state index contributed by atoms with van der Waals surface area (Å²) in [6.45, 7) is 4.79. The first kappa shape index (κ1) is 13.5. The van der Waals surface area contributed by atoms with Gasteiger partial charge < -0.3 is 0 Å². The van der Waals surface area contributed by atoms with Crippen LogP contribution in [0.25, 0.3) is 0 Å². The van der Waals surface area contributed by atoms with E-state index in [1.165, 1.54) is 37.7 Å². The number of hydrogen-bond acceptors (Lipinski definition) is 3. The fourth-order valence-electron chi connectivity index (χ4n) is 3.53. The lowest BCUT2D eigenvalue weighted by molar-refractivity contribution is -0.119. The van der Waals surface area contributed by atoms with Crippen molar-refractivity contribution in [1.29, 1.82) is 0 Å². The van der Waals surface area contributed by atoms with Crippen LogP contribution in [0.4, 0.5) is 5.82 Å². The van der Waals surface area contributed by atoms with Crippen LogP contribution in [0.5, 0.6) is 0 Å². The quantitative estimate of drug-likeness (QED) is 0.832. The molecule has 0 aromatic carbocycles. The van der Waals surface area contributed by atoms with Crippen LogP contribution in [0.1, 0.15) is 55.6 Å². The smallest absolute Gasteiger partial charge is 0.228 e. The third-order valence-electron chi connectivity index (χ3n) is 4.61. The first-order valence-corrected chi connectivity index (χ1v) is 7.79. The maximum atomic E-state index is 12.3. The number of fused-ring (bicyclic) bond motifs is 1. The highest BCUT2D eigenvalue weighted by Gasteiger charge is 2.29. The number of amides is 1. The Morgan fingerprint density at radius 3 is 2.60 bits per heavy atom. The van der Waals surface area contributed by atoms with Crippen LogP contribution >= 0.6 is 0 Å². The lowest BCUT2D eigenvalue weighted by atomic mass is 9.88. The van der Waals surface area contributed by atoms with Crippen LogP contribution in [0.15, 0.2) is 0 Å². The van der Waals surface area contributed by atoms with Gasteiger partial charge in [-0.3, -0.25) is 9.69 Å². The summed E-state index contributed by atoms with van der Waals surface area (Å²) in [6.07, 6.45) is 7.86. The van der Waals surface area contributed by atoms with Crippen molar-refractivity contribution in [1.82, 2.24) is 9.97 Å². The van der Waals surface area contributed by atoms with Gasteiger partial charge in [0.15, 0.2) is 0 Å². The summed E-state index contributed by atoms with van der Waals surface area (Å²) in [5.74, 6) is 2.54. The Balaban J connectivity index is 1.88. The van der Waals surface area contributed by atoms with Crippen molar-refractivity contribution in [3.8, 4) is 0 Å². The largest absolute Gasteiger partial charge is 0.296 e. The number of rotatable bonds is 2. The van der Waals surface area contributed by atoms with E-state index < -0.39 is 0 Å². The highest BCUT2D eigenvalue weighted by atomic mass is 16.2. The predicted octanol–water partition coefficient (Wildman–Crippen LogP) is 2.95. The average Bonchev–Trinajstić information content (AvgIpc) is 2.43. The summed E-state index contributed by atoms with van der Waals surface area (Å²) in [4.78, 5) is 23.3. The molecule has 0 saturated heterocycles. The van der Waals surface area contributed by atoms with Gasteiger partial charge in [0.2, 0.25) is 5.91 Å². The molecule has 0 unspecified atom stereocenters. The summed E-state index contributed by atoms with van der Waals surface area (Å²) in [7, 11) is 0. The molecule has 1 amide bonds. The Morgan fingerprint density at radius 2 is 1.85 bits per heavy atom. The monoisotopic (exact) mass is 273 g/mol. The zero-order chi connectivity index (χ0) is 14.1. The molecule has 1 aromatic rings. The van der Waals surface area contributed by atoms with Crippen LogP contribution in [0.3, 0.4) is 0 Å². The second kappa shape index (κ2) is 5.51. The molecule has 2 heterocycles. The Labute approximate surface area is 120 Å². The van der Waals surface area contributed by atoms with Crippen molar-refractivity contribution in [2.45, 2.75) is 58.8 Å². The van der Waals surface area contributed by atoms with E-state index in [2.05, 4.69) is 9.97 Å². The molecule has 0 radical (unpaired) electrons. The molecule has 1 aromatic heterocycles. The fraction of sp³-hybridized carbons (Fsp3) is 0.688. The van der Waals surface area contributed by atoms with E-state index in [4.69, 9.17) is 0 Å². The fourth-order valence-corrected chi connectivity index (χ4v) is 3.53. The van der Waals surface area contributed by atoms with Gasteiger partial charge in [0.25, 0.3) is 0 Å². The minimum absolute atomic E-state index is 0.237. The van der Waals surface area contributed by atoms with Crippen molar-refractivity contribution in [3.05, 3.63) is 17.1 Å². The predicted molar refractivity (Wildman–Crippen MR) is 78.8 cm³/mol. The summed E-state index contributed by atoms with van der Waals surface area (Å²) in [5, 5.41) is 0. The van der Waals surface area contributed by atoms with E-state index in [-0.39, 0.29) is 5.91 Å². The molecule has 0 bridgehead atoms. The molecule has 0 atom stereocenters. The maximum Gasteiger partial charge on any atom is 0.228 e. The topological polar surface area (TPSA) is 46.1 Å². The summed E-state index contributed by atoms with van der Waals surface area (Å²) in [6, 6.07) is 0. The molecule has 4 heteroatoms. The van der Waals surface area contributed by atoms with Crippen molar-refractivity contribution in [3.63, 3.8) is 0 Å². The summed E-state index contributed by atoms with van der Waals surface area (Å²) >= 11 is 0. The molecular weight excluding hydrogens is 250 g/mol. The molecule has 1 aliphatic carbocycles. The molecule has 1 saturated carbocycles. The van der Waals surface area contributed by atoms with Gasteiger partial charge >= 0.3 is 0 Å². The lowest BCUT2D eigenvalue weighted by Crippen LogP contribution is -2.40. The van der Waals surface area contributed by atoms with Gasteiger partial charge in [0, 0.05) is 24.2 Å². The number of anilines is 1. The number of carbonyl (C=O) groups is 1. The van der Waals surface area contributed by atoms with Gasteiger partial charge in [-0.05, 0) is 39.0 Å². The van der Waals surface area contributed by atoms with Gasteiger partial charge in [0.1, 0.15) is 11.6 Å². The zero-order valence-electron chi connectivity index (χ0n) is 12.5. The van der Waals surface area contributed by atoms with E-state index in [9.17, 15) is 4.79 Å². The molecule has 3 rings (SSSR count). The first-order valence-electron chi connectivity index (χ1n) is 7.79. The van der Waals surface area contributed by atoms with Crippen LogP contribution in [0, 0.1) is 19.8 Å². The molecule has 1 aliphatic heterocycles. The molecule has 0 N–H and O–H groups in total. The third kappa shape index (κ3) is 2.56. The van der Waals surface area contributed by atoms with Crippen LogP contribution in [-0.4, -0.2) is 22.4 Å². The Morgan fingerprint density at radius 1 is 1.10 bits per heavy atom. The SMILES string of the molecule is Cc1nc(C)c2c(n1)N(CC1CCCCC1)C(=O)CC2. The van der Waals surface area contributed by atoms with Gasteiger partial charge in [-0.2, -0.15) is 0 Å². The van der Waals surface area contributed by atoms with Gasteiger partial charge in [0.05, 0.1) is 0 Å².